The van der Waals surface area contributed by atoms with Crippen LogP contribution in [0.15, 0.2) is 66.7 Å². The van der Waals surface area contributed by atoms with E-state index in [4.69, 9.17) is 21.1 Å². The van der Waals surface area contributed by atoms with Gasteiger partial charge < -0.3 is 14.8 Å². The third kappa shape index (κ3) is 4.99. The van der Waals surface area contributed by atoms with Crippen molar-refractivity contribution in [2.45, 2.75) is 6.42 Å². The lowest BCUT2D eigenvalue weighted by atomic mass is 10.1. The quantitative estimate of drug-likeness (QED) is 0.612. The summed E-state index contributed by atoms with van der Waals surface area (Å²) in [5, 5.41) is 3.17. The second-order valence-corrected chi connectivity index (χ2v) is 6.17. The van der Waals surface area contributed by atoms with E-state index in [1.807, 2.05) is 0 Å². The second-order valence-electron chi connectivity index (χ2n) is 5.74. The Morgan fingerprint density at radius 1 is 1.04 bits per heavy atom. The average Bonchev–Trinajstić information content (AvgIpc) is 2.66. The highest BCUT2D eigenvalue weighted by Crippen LogP contribution is 2.33. The van der Waals surface area contributed by atoms with Gasteiger partial charge in [-0.2, -0.15) is 0 Å². The summed E-state index contributed by atoms with van der Waals surface area (Å²) in [5.41, 5.74) is 0.707. The van der Waals surface area contributed by atoms with Crippen LogP contribution in [0.5, 0.6) is 17.2 Å². The van der Waals surface area contributed by atoms with E-state index in [0.29, 0.717) is 33.5 Å². The topological polar surface area (TPSA) is 47.6 Å². The lowest BCUT2D eigenvalue weighted by Crippen LogP contribution is -2.15. The van der Waals surface area contributed by atoms with E-state index >= 15 is 0 Å². The van der Waals surface area contributed by atoms with Gasteiger partial charge in [0.15, 0.2) is 5.75 Å². The molecule has 0 unspecified atom stereocenters. The van der Waals surface area contributed by atoms with E-state index in [1.165, 1.54) is 6.07 Å². The Balaban J connectivity index is 1.79. The van der Waals surface area contributed by atoms with E-state index in [-0.39, 0.29) is 12.3 Å². The van der Waals surface area contributed by atoms with E-state index in [0.717, 1.165) is 0 Å². The molecule has 0 radical (unpaired) electrons. The van der Waals surface area contributed by atoms with Gasteiger partial charge in [-0.05, 0) is 42.0 Å². The summed E-state index contributed by atoms with van der Waals surface area (Å²) in [6.07, 6.45) is -0.0994. The fourth-order valence-corrected chi connectivity index (χ4v) is 2.66. The van der Waals surface area contributed by atoms with Gasteiger partial charge in [-0.15, -0.1) is 0 Å². The molecule has 0 aliphatic heterocycles. The molecule has 1 amide bonds. The molecular weight excluding hydrogens is 369 g/mol. The van der Waals surface area contributed by atoms with Gasteiger partial charge in [0.25, 0.3) is 0 Å². The number of amides is 1. The molecule has 0 spiro atoms. The molecule has 6 heteroatoms. The van der Waals surface area contributed by atoms with Gasteiger partial charge in [0.1, 0.15) is 17.3 Å². The Morgan fingerprint density at radius 2 is 1.81 bits per heavy atom. The van der Waals surface area contributed by atoms with Crippen LogP contribution in [0.25, 0.3) is 0 Å². The first-order valence-corrected chi connectivity index (χ1v) is 8.57. The Kier molecular flexibility index (Phi) is 5.94. The maximum atomic E-state index is 13.8. The molecule has 4 nitrogen and oxygen atoms in total. The summed E-state index contributed by atoms with van der Waals surface area (Å²) >= 11 is 6.05. The third-order valence-electron chi connectivity index (χ3n) is 3.79. The van der Waals surface area contributed by atoms with Crippen molar-refractivity contribution in [1.82, 2.24) is 0 Å². The molecule has 0 bridgehead atoms. The lowest BCUT2D eigenvalue weighted by Gasteiger charge is -2.13. The van der Waals surface area contributed by atoms with Crippen LogP contribution < -0.4 is 14.8 Å². The van der Waals surface area contributed by atoms with Crippen molar-refractivity contribution in [2.75, 3.05) is 12.4 Å². The fraction of sp³-hybridized carbons (Fsp3) is 0.0952. The van der Waals surface area contributed by atoms with Crippen LogP contribution in [0.3, 0.4) is 0 Å². The normalized spacial score (nSPS) is 10.3. The molecule has 0 aliphatic rings. The van der Waals surface area contributed by atoms with Gasteiger partial charge in [-0.3, -0.25) is 4.79 Å². The standard InChI is InChI=1S/C21H17ClFNO3/c1-26-16-6-4-7-17(13-16)27-20-10-9-15(22)12-19(20)24-21(25)11-14-5-2-3-8-18(14)23/h2-10,12-13H,11H2,1H3,(H,24,25). The third-order valence-corrected chi connectivity index (χ3v) is 4.03. The van der Waals surface area contributed by atoms with Crippen molar-refractivity contribution >= 4 is 23.2 Å². The molecule has 1 N–H and O–H groups in total. The number of benzene rings is 3. The number of carbonyl (C=O) groups is 1. The molecule has 138 valence electrons. The van der Waals surface area contributed by atoms with Crippen LogP contribution in [0, 0.1) is 5.82 Å². The number of ether oxygens (including phenoxy) is 2. The number of halogens is 2. The summed E-state index contributed by atoms with van der Waals surface area (Å²) in [4.78, 5) is 12.4. The van der Waals surface area contributed by atoms with Gasteiger partial charge >= 0.3 is 0 Å². The first-order chi connectivity index (χ1) is 13.0. The monoisotopic (exact) mass is 385 g/mol. The SMILES string of the molecule is COc1cccc(Oc2ccc(Cl)cc2NC(=O)Cc2ccccc2F)c1. The molecular formula is C21H17ClFNO3. The predicted molar refractivity (Wildman–Crippen MR) is 103 cm³/mol. The Hall–Kier alpha value is -3.05. The van der Waals surface area contributed by atoms with Crippen molar-refractivity contribution in [3.8, 4) is 17.2 Å². The minimum absolute atomic E-state index is 0.0994. The van der Waals surface area contributed by atoms with Crippen LogP contribution >= 0.6 is 11.6 Å². The highest BCUT2D eigenvalue weighted by atomic mass is 35.5. The van der Waals surface area contributed by atoms with Gasteiger partial charge in [0, 0.05) is 11.1 Å². The first kappa shape index (κ1) is 18.7. The average molecular weight is 386 g/mol. The van der Waals surface area contributed by atoms with Gasteiger partial charge in [-0.25, -0.2) is 4.39 Å². The lowest BCUT2D eigenvalue weighted by molar-refractivity contribution is -0.115. The molecule has 27 heavy (non-hydrogen) atoms. The van der Waals surface area contributed by atoms with Crippen molar-refractivity contribution in [2.24, 2.45) is 0 Å². The molecule has 0 heterocycles. The van der Waals surface area contributed by atoms with Crippen LogP contribution in [-0.2, 0) is 11.2 Å². The Bertz CT molecular complexity index is 962. The minimum atomic E-state index is -0.424. The number of anilines is 1. The molecule has 0 saturated heterocycles. The van der Waals surface area contributed by atoms with E-state index in [2.05, 4.69) is 5.32 Å². The van der Waals surface area contributed by atoms with E-state index in [9.17, 15) is 9.18 Å². The number of nitrogens with one attached hydrogen (secondary N) is 1. The molecule has 0 fully saturated rings. The van der Waals surface area contributed by atoms with Crippen LogP contribution in [-0.4, -0.2) is 13.0 Å². The Morgan fingerprint density at radius 3 is 2.59 bits per heavy atom. The molecule has 3 aromatic carbocycles. The summed E-state index contributed by atoms with van der Waals surface area (Å²) in [7, 11) is 1.57. The zero-order valence-electron chi connectivity index (χ0n) is 14.5. The van der Waals surface area contributed by atoms with Crippen molar-refractivity contribution < 1.29 is 18.7 Å². The first-order valence-electron chi connectivity index (χ1n) is 8.20. The smallest absolute Gasteiger partial charge is 0.229 e. The molecule has 0 aliphatic carbocycles. The largest absolute Gasteiger partial charge is 0.497 e. The number of rotatable bonds is 6. The minimum Gasteiger partial charge on any atom is -0.497 e. The summed E-state index contributed by atoms with van der Waals surface area (Å²) in [5.74, 6) is 0.798. The maximum absolute atomic E-state index is 13.8. The highest BCUT2D eigenvalue weighted by Gasteiger charge is 2.12. The number of carbonyl (C=O) groups excluding carboxylic acids is 1. The zero-order chi connectivity index (χ0) is 19.2. The molecule has 3 rings (SSSR count). The van der Waals surface area contributed by atoms with Gasteiger partial charge in [-0.1, -0.05) is 35.9 Å². The Labute approximate surface area is 161 Å². The zero-order valence-corrected chi connectivity index (χ0v) is 15.3. The summed E-state index contributed by atoms with van der Waals surface area (Å²) < 4.78 is 24.8. The second kappa shape index (κ2) is 8.56. The maximum Gasteiger partial charge on any atom is 0.229 e. The van der Waals surface area contributed by atoms with Crippen LogP contribution in [0.4, 0.5) is 10.1 Å². The summed E-state index contributed by atoms with van der Waals surface area (Å²) in [6.45, 7) is 0. The van der Waals surface area contributed by atoms with Gasteiger partial charge in [0.05, 0.1) is 19.2 Å². The predicted octanol–water partition coefficient (Wildman–Crippen LogP) is 5.46. The molecule has 0 aromatic heterocycles. The fourth-order valence-electron chi connectivity index (χ4n) is 2.49. The van der Waals surface area contributed by atoms with Crippen molar-refractivity contribution in [1.29, 1.82) is 0 Å². The van der Waals surface area contributed by atoms with E-state index < -0.39 is 5.82 Å². The number of hydrogen-bond acceptors (Lipinski definition) is 3. The summed E-state index contributed by atoms with van der Waals surface area (Å²) in [6, 6.07) is 18.1. The highest BCUT2D eigenvalue weighted by molar-refractivity contribution is 6.31. The number of methoxy groups -OCH3 is 1. The molecule has 0 saturated carbocycles. The molecule has 3 aromatic rings. The van der Waals surface area contributed by atoms with Crippen LogP contribution in [0.1, 0.15) is 5.56 Å². The van der Waals surface area contributed by atoms with Crippen molar-refractivity contribution in [3.05, 3.63) is 83.1 Å². The van der Waals surface area contributed by atoms with Gasteiger partial charge in [0.2, 0.25) is 5.91 Å². The van der Waals surface area contributed by atoms with Crippen LogP contribution in [0.2, 0.25) is 5.02 Å². The van der Waals surface area contributed by atoms with Crippen molar-refractivity contribution in [3.63, 3.8) is 0 Å². The number of hydrogen-bond donors (Lipinski definition) is 1. The van der Waals surface area contributed by atoms with E-state index in [1.54, 1.807) is 67.8 Å². The molecule has 0 atom stereocenters.